The summed E-state index contributed by atoms with van der Waals surface area (Å²) >= 11 is 1.31. The third kappa shape index (κ3) is 3.72. The molecule has 1 aliphatic rings. The van der Waals surface area contributed by atoms with Crippen LogP contribution in [-0.4, -0.2) is 26.4 Å². The average molecular weight is 334 g/mol. The third-order valence-corrected chi connectivity index (χ3v) is 5.09. The molecule has 1 aromatic carbocycles. The number of rotatable bonds is 5. The highest BCUT2D eigenvalue weighted by Crippen LogP contribution is 2.33. The van der Waals surface area contributed by atoms with Crippen molar-refractivity contribution in [1.29, 1.82) is 0 Å². The largest absolute Gasteiger partial charge is 0.323 e. The summed E-state index contributed by atoms with van der Waals surface area (Å²) in [5, 5.41) is 11.7. The lowest BCUT2D eigenvalue weighted by molar-refractivity contribution is -0.113. The van der Waals surface area contributed by atoms with Crippen molar-refractivity contribution >= 4 is 23.4 Å². The molecule has 1 saturated carbocycles. The fourth-order valence-corrected chi connectivity index (χ4v) is 3.59. The number of amides is 1. The summed E-state index contributed by atoms with van der Waals surface area (Å²) < 4.78 is 15.5. The van der Waals surface area contributed by atoms with Crippen LogP contribution in [0.25, 0.3) is 0 Å². The van der Waals surface area contributed by atoms with Gasteiger partial charge >= 0.3 is 0 Å². The second-order valence-electron chi connectivity index (χ2n) is 5.70. The lowest BCUT2D eigenvalue weighted by atomic mass is 10.1. The molecule has 1 N–H and O–H groups in total. The monoisotopic (exact) mass is 334 g/mol. The number of hydrogen-bond donors (Lipinski definition) is 1. The molecule has 1 amide bonds. The fourth-order valence-electron chi connectivity index (χ4n) is 2.87. The number of benzene rings is 1. The predicted octanol–water partition coefficient (Wildman–Crippen LogP) is 3.34. The molecule has 0 aliphatic heterocycles. The van der Waals surface area contributed by atoms with E-state index >= 15 is 0 Å². The molecular formula is C16H19FN4OS. The van der Waals surface area contributed by atoms with E-state index in [1.807, 2.05) is 11.6 Å². The van der Waals surface area contributed by atoms with Gasteiger partial charge in [-0.3, -0.25) is 4.79 Å². The van der Waals surface area contributed by atoms with Crippen molar-refractivity contribution in [1.82, 2.24) is 14.8 Å². The van der Waals surface area contributed by atoms with E-state index < -0.39 is 5.82 Å². The molecule has 0 radical (unpaired) electrons. The van der Waals surface area contributed by atoms with Crippen LogP contribution in [0.4, 0.5) is 10.1 Å². The van der Waals surface area contributed by atoms with Crippen molar-refractivity contribution < 1.29 is 9.18 Å². The van der Waals surface area contributed by atoms with Crippen LogP contribution in [0.2, 0.25) is 0 Å². The van der Waals surface area contributed by atoms with E-state index in [2.05, 4.69) is 15.5 Å². The zero-order valence-electron chi connectivity index (χ0n) is 13.0. The van der Waals surface area contributed by atoms with Gasteiger partial charge in [0.1, 0.15) is 11.6 Å². The molecule has 7 heteroatoms. The van der Waals surface area contributed by atoms with Crippen LogP contribution < -0.4 is 5.32 Å². The fraction of sp³-hybridized carbons (Fsp3) is 0.438. The number of thioether (sulfide) groups is 1. The summed E-state index contributed by atoms with van der Waals surface area (Å²) in [5.41, 5.74) is 0.197. The van der Waals surface area contributed by atoms with Crippen molar-refractivity contribution in [2.24, 2.45) is 7.05 Å². The quantitative estimate of drug-likeness (QED) is 0.852. The SMILES string of the molecule is Cn1c(SCC(=O)Nc2ccccc2F)nnc1C1CCCC1. The summed E-state index contributed by atoms with van der Waals surface area (Å²) in [4.78, 5) is 12.0. The molecule has 23 heavy (non-hydrogen) atoms. The maximum Gasteiger partial charge on any atom is 0.234 e. The van der Waals surface area contributed by atoms with Crippen LogP contribution in [-0.2, 0) is 11.8 Å². The van der Waals surface area contributed by atoms with Gasteiger partial charge in [-0.25, -0.2) is 4.39 Å². The molecule has 0 atom stereocenters. The van der Waals surface area contributed by atoms with Gasteiger partial charge in [-0.1, -0.05) is 36.7 Å². The molecule has 1 heterocycles. The summed E-state index contributed by atoms with van der Waals surface area (Å²) in [7, 11) is 1.94. The molecule has 3 rings (SSSR count). The Labute approximate surface area is 138 Å². The lowest BCUT2D eigenvalue weighted by Gasteiger charge is -2.09. The average Bonchev–Trinajstić information content (AvgIpc) is 3.17. The molecule has 1 fully saturated rings. The van der Waals surface area contributed by atoms with Gasteiger partial charge in [0.05, 0.1) is 11.4 Å². The van der Waals surface area contributed by atoms with E-state index in [0.717, 1.165) is 23.8 Å². The summed E-state index contributed by atoms with van der Waals surface area (Å²) in [6.45, 7) is 0. The van der Waals surface area contributed by atoms with Gasteiger partial charge < -0.3 is 9.88 Å². The van der Waals surface area contributed by atoms with Crippen LogP contribution in [0.1, 0.15) is 37.4 Å². The standard InChI is InChI=1S/C16H19FN4OS/c1-21-15(11-6-2-3-7-11)19-20-16(21)23-10-14(22)18-13-9-5-4-8-12(13)17/h4-5,8-9,11H,2-3,6-7,10H2,1H3,(H,18,22). The Kier molecular flexibility index (Phi) is 4.95. The zero-order valence-corrected chi connectivity index (χ0v) is 13.8. The van der Waals surface area contributed by atoms with Crippen LogP contribution in [0, 0.1) is 5.82 Å². The highest BCUT2D eigenvalue weighted by atomic mass is 32.2. The molecule has 0 spiro atoms. The highest BCUT2D eigenvalue weighted by molar-refractivity contribution is 7.99. The number of carbonyl (C=O) groups excluding carboxylic acids is 1. The Hall–Kier alpha value is -1.89. The molecule has 1 aromatic heterocycles. The second-order valence-corrected chi connectivity index (χ2v) is 6.64. The van der Waals surface area contributed by atoms with Gasteiger partial charge in [-0.15, -0.1) is 10.2 Å². The lowest BCUT2D eigenvalue weighted by Crippen LogP contribution is -2.15. The van der Waals surface area contributed by atoms with Crippen molar-refractivity contribution in [2.45, 2.75) is 36.8 Å². The number of para-hydroxylation sites is 1. The molecule has 5 nitrogen and oxygen atoms in total. The number of hydrogen-bond acceptors (Lipinski definition) is 4. The zero-order chi connectivity index (χ0) is 16.2. The maximum atomic E-state index is 13.5. The van der Waals surface area contributed by atoms with Gasteiger partial charge in [0, 0.05) is 13.0 Å². The summed E-state index contributed by atoms with van der Waals surface area (Å²) in [5.74, 6) is 0.956. The molecule has 122 valence electrons. The van der Waals surface area contributed by atoms with Crippen molar-refractivity contribution in [3.63, 3.8) is 0 Å². The van der Waals surface area contributed by atoms with E-state index in [0.29, 0.717) is 5.92 Å². The highest BCUT2D eigenvalue weighted by Gasteiger charge is 2.23. The molecule has 2 aromatic rings. The number of carbonyl (C=O) groups is 1. The van der Waals surface area contributed by atoms with Crippen LogP contribution in [0.5, 0.6) is 0 Å². The predicted molar refractivity (Wildman–Crippen MR) is 88.0 cm³/mol. The molecule has 0 bridgehead atoms. The number of halogens is 1. The van der Waals surface area contributed by atoms with Gasteiger partial charge in [0.15, 0.2) is 5.16 Å². The third-order valence-electron chi connectivity index (χ3n) is 4.07. The van der Waals surface area contributed by atoms with Gasteiger partial charge in [0.2, 0.25) is 5.91 Å². The first-order valence-corrected chi connectivity index (χ1v) is 8.70. The smallest absolute Gasteiger partial charge is 0.234 e. The Morgan fingerprint density at radius 1 is 1.35 bits per heavy atom. The van der Waals surface area contributed by atoms with Gasteiger partial charge in [-0.05, 0) is 25.0 Å². The van der Waals surface area contributed by atoms with E-state index in [4.69, 9.17) is 0 Å². The number of anilines is 1. The molecule has 1 aliphatic carbocycles. The Morgan fingerprint density at radius 2 is 2.09 bits per heavy atom. The van der Waals surface area contributed by atoms with E-state index in [-0.39, 0.29) is 17.3 Å². The Morgan fingerprint density at radius 3 is 2.83 bits per heavy atom. The molecular weight excluding hydrogens is 315 g/mol. The Balaban J connectivity index is 1.58. The normalized spacial score (nSPS) is 15.0. The number of nitrogens with one attached hydrogen (secondary N) is 1. The topological polar surface area (TPSA) is 59.8 Å². The van der Waals surface area contributed by atoms with E-state index in [1.54, 1.807) is 18.2 Å². The van der Waals surface area contributed by atoms with Crippen LogP contribution >= 0.6 is 11.8 Å². The first-order chi connectivity index (χ1) is 11.1. The molecule has 0 saturated heterocycles. The van der Waals surface area contributed by atoms with Gasteiger partial charge in [0.25, 0.3) is 0 Å². The summed E-state index contributed by atoms with van der Waals surface area (Å²) in [6.07, 6.45) is 4.80. The minimum Gasteiger partial charge on any atom is -0.323 e. The van der Waals surface area contributed by atoms with Gasteiger partial charge in [-0.2, -0.15) is 0 Å². The first-order valence-electron chi connectivity index (χ1n) is 7.71. The number of aromatic nitrogens is 3. The van der Waals surface area contributed by atoms with E-state index in [1.165, 1.54) is 30.7 Å². The van der Waals surface area contributed by atoms with Crippen molar-refractivity contribution in [3.8, 4) is 0 Å². The minimum atomic E-state index is -0.437. The number of nitrogens with zero attached hydrogens (tertiary/aromatic N) is 3. The second kappa shape index (κ2) is 7.12. The van der Waals surface area contributed by atoms with E-state index in [9.17, 15) is 9.18 Å². The Bertz CT molecular complexity index is 697. The minimum absolute atomic E-state index is 0.172. The van der Waals surface area contributed by atoms with Crippen LogP contribution in [0.3, 0.4) is 0 Å². The van der Waals surface area contributed by atoms with Crippen molar-refractivity contribution in [2.75, 3.05) is 11.1 Å². The first kappa shape index (κ1) is 16.0. The summed E-state index contributed by atoms with van der Waals surface area (Å²) in [6, 6.07) is 6.13. The van der Waals surface area contributed by atoms with Crippen molar-refractivity contribution in [3.05, 3.63) is 35.9 Å². The maximum absolute atomic E-state index is 13.5. The van der Waals surface area contributed by atoms with Crippen LogP contribution in [0.15, 0.2) is 29.4 Å². The molecule has 0 unspecified atom stereocenters.